The first-order valence-corrected chi connectivity index (χ1v) is 10.3. The summed E-state index contributed by atoms with van der Waals surface area (Å²) >= 11 is 0. The summed E-state index contributed by atoms with van der Waals surface area (Å²) in [6.45, 7) is -0.327. The summed E-state index contributed by atoms with van der Waals surface area (Å²) in [5.74, 6) is -2.59. The van der Waals surface area contributed by atoms with E-state index in [1.54, 1.807) is 30.3 Å². The number of ether oxygens (including phenoxy) is 1. The lowest BCUT2D eigenvalue weighted by molar-refractivity contribution is -0.166. The van der Waals surface area contributed by atoms with Crippen LogP contribution in [0.5, 0.6) is 5.75 Å². The Labute approximate surface area is 188 Å². The van der Waals surface area contributed by atoms with E-state index in [-0.39, 0.29) is 12.4 Å². The monoisotopic (exact) mass is 454 g/mol. The van der Waals surface area contributed by atoms with Gasteiger partial charge in [0.15, 0.2) is 0 Å². The van der Waals surface area contributed by atoms with Gasteiger partial charge in [0.05, 0.1) is 36.1 Å². The molecule has 4 rings (SSSR count). The average molecular weight is 454 g/mol. The first-order valence-electron chi connectivity index (χ1n) is 10.3. The molecule has 3 atom stereocenters. The Balaban J connectivity index is 1.56. The number of aliphatic hydroxyl groups excluding tert-OH is 2. The standard InChI is InChI=1S/C25H21F3N2O3/c26-25(27,28)23-10-9-21(12-16(23)13-29)33-20-7-5-18(6-8-20)30-14-17(11-19(32)15-31)22-3-1-2-4-24(22)30/h1-10,12,14,16,19,23,31-32H,11,15H2/t16?,19-,23?/m0/s1. The van der Waals surface area contributed by atoms with Crippen LogP contribution in [-0.4, -0.2) is 33.7 Å². The van der Waals surface area contributed by atoms with Gasteiger partial charge in [0.25, 0.3) is 0 Å². The van der Waals surface area contributed by atoms with Gasteiger partial charge in [-0.2, -0.15) is 18.4 Å². The maximum Gasteiger partial charge on any atom is 0.396 e. The second-order valence-electron chi connectivity index (χ2n) is 7.83. The predicted octanol–water partition coefficient (Wildman–Crippen LogP) is 4.68. The summed E-state index contributed by atoms with van der Waals surface area (Å²) in [6, 6.07) is 16.4. The summed E-state index contributed by atoms with van der Waals surface area (Å²) in [5.41, 5.74) is 2.65. The number of rotatable bonds is 6. The molecule has 5 nitrogen and oxygen atoms in total. The molecule has 1 aromatic heterocycles. The molecular weight excluding hydrogens is 433 g/mol. The van der Waals surface area contributed by atoms with Crippen molar-refractivity contribution in [3.05, 3.63) is 84.3 Å². The quantitative estimate of drug-likeness (QED) is 0.567. The van der Waals surface area contributed by atoms with Gasteiger partial charge < -0.3 is 19.5 Å². The molecule has 0 saturated heterocycles. The molecule has 1 aliphatic rings. The van der Waals surface area contributed by atoms with Crippen LogP contribution in [0.15, 0.2) is 78.7 Å². The minimum atomic E-state index is -4.49. The number of aliphatic hydroxyl groups is 2. The van der Waals surface area contributed by atoms with Crippen LogP contribution in [0.1, 0.15) is 5.56 Å². The van der Waals surface area contributed by atoms with E-state index in [0.717, 1.165) is 28.2 Å². The Bertz CT molecular complexity index is 1240. The van der Waals surface area contributed by atoms with Gasteiger partial charge in [-0.3, -0.25) is 0 Å². The molecule has 8 heteroatoms. The number of hydrogen-bond donors (Lipinski definition) is 2. The Hall–Kier alpha value is -3.54. The molecule has 1 heterocycles. The van der Waals surface area contributed by atoms with Crippen molar-refractivity contribution in [1.29, 1.82) is 5.26 Å². The van der Waals surface area contributed by atoms with Crippen LogP contribution in [-0.2, 0) is 6.42 Å². The first-order chi connectivity index (χ1) is 15.8. The van der Waals surface area contributed by atoms with Crippen LogP contribution in [0.2, 0.25) is 0 Å². The maximum absolute atomic E-state index is 13.0. The van der Waals surface area contributed by atoms with Crippen molar-refractivity contribution in [1.82, 2.24) is 4.57 Å². The topological polar surface area (TPSA) is 78.4 Å². The number of nitriles is 1. The predicted molar refractivity (Wildman–Crippen MR) is 117 cm³/mol. The number of fused-ring (bicyclic) bond motifs is 1. The summed E-state index contributed by atoms with van der Waals surface area (Å²) < 4.78 is 46.8. The highest BCUT2D eigenvalue weighted by molar-refractivity contribution is 5.85. The SMILES string of the molecule is N#CC1C=C(Oc2ccc(-n3cc(C[C@H](O)CO)c4ccccc43)cc2)C=CC1C(F)(F)F. The van der Waals surface area contributed by atoms with Crippen molar-refractivity contribution < 1.29 is 28.1 Å². The lowest BCUT2D eigenvalue weighted by Crippen LogP contribution is -2.29. The van der Waals surface area contributed by atoms with E-state index < -0.39 is 24.1 Å². The van der Waals surface area contributed by atoms with Crippen LogP contribution in [0.4, 0.5) is 13.2 Å². The van der Waals surface area contributed by atoms with Crippen molar-refractivity contribution >= 4 is 10.9 Å². The summed E-state index contributed by atoms with van der Waals surface area (Å²) in [5, 5.41) is 29.1. The average Bonchev–Trinajstić information content (AvgIpc) is 3.17. The van der Waals surface area contributed by atoms with Crippen molar-refractivity contribution in [3.63, 3.8) is 0 Å². The fourth-order valence-electron chi connectivity index (χ4n) is 3.91. The molecule has 3 aromatic rings. The van der Waals surface area contributed by atoms with E-state index in [1.807, 2.05) is 35.0 Å². The largest absolute Gasteiger partial charge is 0.458 e. The van der Waals surface area contributed by atoms with Crippen LogP contribution in [0.25, 0.3) is 16.6 Å². The Morgan fingerprint density at radius 1 is 1.12 bits per heavy atom. The van der Waals surface area contributed by atoms with E-state index in [1.165, 1.54) is 12.2 Å². The fourth-order valence-corrected chi connectivity index (χ4v) is 3.91. The number of nitrogens with zero attached hydrogens (tertiary/aromatic N) is 2. The van der Waals surface area contributed by atoms with E-state index in [0.29, 0.717) is 12.2 Å². The number of aromatic nitrogens is 1. The van der Waals surface area contributed by atoms with Crippen LogP contribution >= 0.6 is 0 Å². The highest BCUT2D eigenvalue weighted by atomic mass is 19.4. The van der Waals surface area contributed by atoms with Crippen LogP contribution in [0, 0.1) is 23.2 Å². The van der Waals surface area contributed by atoms with Gasteiger partial charge in [-0.25, -0.2) is 0 Å². The molecule has 0 spiro atoms. The molecule has 33 heavy (non-hydrogen) atoms. The van der Waals surface area contributed by atoms with Crippen molar-refractivity contribution in [2.24, 2.45) is 11.8 Å². The zero-order valence-corrected chi connectivity index (χ0v) is 17.4. The first kappa shape index (κ1) is 22.6. The minimum absolute atomic E-state index is 0.182. The number of halogens is 3. The second kappa shape index (κ2) is 9.14. The van der Waals surface area contributed by atoms with Gasteiger partial charge in [-0.1, -0.05) is 24.3 Å². The lowest BCUT2D eigenvalue weighted by atomic mass is 9.88. The molecule has 0 fully saturated rings. The van der Waals surface area contributed by atoms with Gasteiger partial charge in [0.1, 0.15) is 11.5 Å². The van der Waals surface area contributed by atoms with Crippen LogP contribution < -0.4 is 4.74 Å². The molecule has 2 N–H and O–H groups in total. The molecule has 0 aliphatic heterocycles. The number of allylic oxidation sites excluding steroid dienone is 3. The lowest BCUT2D eigenvalue weighted by Gasteiger charge is -2.23. The maximum atomic E-state index is 13.0. The van der Waals surface area contributed by atoms with Crippen molar-refractivity contribution in [2.75, 3.05) is 6.61 Å². The van der Waals surface area contributed by atoms with Gasteiger partial charge >= 0.3 is 6.18 Å². The molecular formula is C25H21F3N2O3. The van der Waals surface area contributed by atoms with E-state index in [2.05, 4.69) is 0 Å². The molecule has 1 aliphatic carbocycles. The molecule has 0 radical (unpaired) electrons. The Morgan fingerprint density at radius 3 is 2.52 bits per heavy atom. The summed E-state index contributed by atoms with van der Waals surface area (Å²) in [4.78, 5) is 0. The van der Waals surface area contributed by atoms with E-state index in [9.17, 15) is 23.4 Å². The molecule has 2 aromatic carbocycles. The second-order valence-corrected chi connectivity index (χ2v) is 7.83. The Kier molecular flexibility index (Phi) is 6.27. The third-order valence-corrected chi connectivity index (χ3v) is 5.54. The van der Waals surface area contributed by atoms with Crippen LogP contribution in [0.3, 0.4) is 0 Å². The highest BCUT2D eigenvalue weighted by Crippen LogP contribution is 2.37. The summed E-state index contributed by atoms with van der Waals surface area (Å²) in [6.07, 6.45) is 0.233. The van der Waals surface area contributed by atoms with Crippen molar-refractivity contribution in [2.45, 2.75) is 18.7 Å². The normalized spacial score (nSPS) is 19.2. The minimum Gasteiger partial charge on any atom is -0.458 e. The fraction of sp³-hybridized carbons (Fsp3) is 0.240. The third-order valence-electron chi connectivity index (χ3n) is 5.54. The number of para-hydroxylation sites is 1. The van der Waals surface area contributed by atoms with Gasteiger partial charge in [-0.15, -0.1) is 0 Å². The van der Waals surface area contributed by atoms with E-state index >= 15 is 0 Å². The summed E-state index contributed by atoms with van der Waals surface area (Å²) in [7, 11) is 0. The number of benzene rings is 2. The zero-order chi connectivity index (χ0) is 23.6. The van der Waals surface area contributed by atoms with Gasteiger partial charge in [0.2, 0.25) is 0 Å². The molecule has 2 unspecified atom stereocenters. The van der Waals surface area contributed by atoms with Gasteiger partial charge in [0, 0.05) is 23.7 Å². The third kappa shape index (κ3) is 4.80. The highest BCUT2D eigenvalue weighted by Gasteiger charge is 2.44. The number of alkyl halides is 3. The molecule has 170 valence electrons. The van der Waals surface area contributed by atoms with E-state index in [4.69, 9.17) is 10.00 Å². The molecule has 0 bridgehead atoms. The zero-order valence-electron chi connectivity index (χ0n) is 17.4. The van der Waals surface area contributed by atoms with Gasteiger partial charge in [-0.05, 0) is 48.0 Å². The Morgan fingerprint density at radius 2 is 1.85 bits per heavy atom. The smallest absolute Gasteiger partial charge is 0.396 e. The molecule has 0 amide bonds. The van der Waals surface area contributed by atoms with Crippen molar-refractivity contribution in [3.8, 4) is 17.5 Å². The molecule has 0 saturated carbocycles. The number of hydrogen-bond acceptors (Lipinski definition) is 4.